The van der Waals surface area contributed by atoms with Gasteiger partial charge in [-0.15, -0.1) is 0 Å². The summed E-state index contributed by atoms with van der Waals surface area (Å²) in [5, 5.41) is 12.6. The zero-order valence-corrected chi connectivity index (χ0v) is 9.98. The van der Waals surface area contributed by atoms with Crippen LogP contribution >= 0.6 is 0 Å². The molecule has 0 aromatic heterocycles. The van der Waals surface area contributed by atoms with Crippen molar-refractivity contribution < 1.29 is 18.6 Å². The quantitative estimate of drug-likeness (QED) is 0.787. The largest absolute Gasteiger partial charge is 0.434 e. The number of halogens is 2. The van der Waals surface area contributed by atoms with Crippen LogP contribution in [0.2, 0.25) is 0 Å². The molecule has 18 heavy (non-hydrogen) atoms. The van der Waals surface area contributed by atoms with Gasteiger partial charge in [-0.05, 0) is 31.4 Å². The van der Waals surface area contributed by atoms with E-state index in [-0.39, 0.29) is 18.4 Å². The van der Waals surface area contributed by atoms with Crippen molar-refractivity contribution >= 4 is 0 Å². The molecule has 5 heteroatoms. The lowest BCUT2D eigenvalue weighted by Gasteiger charge is -2.19. The average molecular weight is 257 g/mol. The number of alkyl halides is 2. The molecule has 0 heterocycles. The third-order valence-corrected chi connectivity index (χ3v) is 3.04. The van der Waals surface area contributed by atoms with Gasteiger partial charge in [0.15, 0.2) is 0 Å². The molecule has 0 spiro atoms. The Morgan fingerprint density at radius 3 is 2.67 bits per heavy atom. The molecule has 1 atom stereocenters. The van der Waals surface area contributed by atoms with Crippen molar-refractivity contribution in [2.75, 3.05) is 13.2 Å². The fraction of sp³-hybridized carbons (Fsp3) is 0.538. The number of benzene rings is 1. The van der Waals surface area contributed by atoms with E-state index in [0.717, 1.165) is 6.54 Å². The fourth-order valence-electron chi connectivity index (χ4n) is 1.88. The van der Waals surface area contributed by atoms with Crippen LogP contribution in [0.1, 0.15) is 24.4 Å². The number of hydrogen-bond acceptors (Lipinski definition) is 3. The van der Waals surface area contributed by atoms with Gasteiger partial charge in [0.05, 0.1) is 12.6 Å². The minimum atomic E-state index is -2.85. The van der Waals surface area contributed by atoms with Crippen LogP contribution in [0.5, 0.6) is 5.75 Å². The molecule has 0 bridgehead atoms. The summed E-state index contributed by atoms with van der Waals surface area (Å²) in [4.78, 5) is 0. The van der Waals surface area contributed by atoms with Gasteiger partial charge in [0, 0.05) is 5.56 Å². The van der Waals surface area contributed by atoms with Gasteiger partial charge in [-0.1, -0.05) is 18.2 Å². The minimum absolute atomic E-state index is 0.120. The predicted octanol–water partition coefficient (Wildman–Crippen LogP) is 2.32. The Morgan fingerprint density at radius 1 is 1.33 bits per heavy atom. The summed E-state index contributed by atoms with van der Waals surface area (Å²) >= 11 is 0. The van der Waals surface area contributed by atoms with E-state index in [1.165, 1.54) is 18.9 Å². The van der Waals surface area contributed by atoms with E-state index < -0.39 is 6.61 Å². The Morgan fingerprint density at radius 2 is 2.06 bits per heavy atom. The Bertz CT molecular complexity index is 383. The third kappa shape index (κ3) is 3.65. The highest BCUT2D eigenvalue weighted by Gasteiger charge is 2.24. The number of hydrogen-bond donors (Lipinski definition) is 2. The molecule has 1 aromatic rings. The van der Waals surface area contributed by atoms with Crippen LogP contribution in [0.25, 0.3) is 0 Å². The number of aliphatic hydroxyl groups excluding tert-OH is 1. The molecule has 1 unspecified atom stereocenters. The van der Waals surface area contributed by atoms with Crippen LogP contribution in [-0.2, 0) is 0 Å². The van der Waals surface area contributed by atoms with Crippen molar-refractivity contribution in [3.8, 4) is 5.75 Å². The van der Waals surface area contributed by atoms with E-state index in [4.69, 9.17) is 0 Å². The minimum Gasteiger partial charge on any atom is -0.434 e. The van der Waals surface area contributed by atoms with Crippen molar-refractivity contribution in [1.82, 2.24) is 5.32 Å². The molecule has 1 aliphatic rings. The molecule has 1 aliphatic carbocycles. The second-order valence-corrected chi connectivity index (χ2v) is 4.50. The van der Waals surface area contributed by atoms with Crippen LogP contribution in [-0.4, -0.2) is 24.9 Å². The Labute approximate surface area is 105 Å². The standard InChI is InChI=1S/C13H17F2NO2/c14-13(15)18-12-4-2-1-3-10(12)11(8-17)16-7-9-5-6-9/h1-4,9,11,13,16-17H,5-8H2. The highest BCUT2D eigenvalue weighted by molar-refractivity contribution is 5.36. The molecule has 0 aliphatic heterocycles. The normalized spacial score (nSPS) is 16.9. The average Bonchev–Trinajstić information content (AvgIpc) is 3.15. The van der Waals surface area contributed by atoms with Gasteiger partial charge in [-0.25, -0.2) is 0 Å². The molecule has 1 aromatic carbocycles. The fourth-order valence-corrected chi connectivity index (χ4v) is 1.88. The summed E-state index contributed by atoms with van der Waals surface area (Å²) in [5.74, 6) is 0.775. The number of rotatable bonds is 7. The van der Waals surface area contributed by atoms with E-state index in [1.807, 2.05) is 0 Å². The number of para-hydroxylation sites is 1. The second kappa shape index (κ2) is 6.11. The smallest absolute Gasteiger partial charge is 0.387 e. The van der Waals surface area contributed by atoms with Crippen molar-refractivity contribution in [2.24, 2.45) is 5.92 Å². The molecule has 1 saturated carbocycles. The lowest BCUT2D eigenvalue weighted by atomic mass is 10.1. The van der Waals surface area contributed by atoms with Crippen LogP contribution < -0.4 is 10.1 Å². The van der Waals surface area contributed by atoms with Gasteiger partial charge >= 0.3 is 6.61 Å². The maximum Gasteiger partial charge on any atom is 0.387 e. The van der Waals surface area contributed by atoms with E-state index in [1.54, 1.807) is 18.2 Å². The monoisotopic (exact) mass is 257 g/mol. The maximum absolute atomic E-state index is 12.3. The second-order valence-electron chi connectivity index (χ2n) is 4.50. The molecular weight excluding hydrogens is 240 g/mol. The van der Waals surface area contributed by atoms with Crippen LogP contribution in [0.3, 0.4) is 0 Å². The summed E-state index contributed by atoms with van der Waals surface area (Å²) < 4.78 is 29.0. The first kappa shape index (κ1) is 13.2. The van der Waals surface area contributed by atoms with Crippen molar-refractivity contribution in [3.63, 3.8) is 0 Å². The first-order valence-corrected chi connectivity index (χ1v) is 6.08. The van der Waals surface area contributed by atoms with Gasteiger partial charge in [0.25, 0.3) is 0 Å². The lowest BCUT2D eigenvalue weighted by molar-refractivity contribution is -0.0508. The first-order chi connectivity index (χ1) is 8.70. The Hall–Kier alpha value is -1.20. The van der Waals surface area contributed by atoms with Crippen LogP contribution in [0.15, 0.2) is 24.3 Å². The van der Waals surface area contributed by atoms with Crippen LogP contribution in [0, 0.1) is 5.92 Å². The maximum atomic E-state index is 12.3. The van der Waals surface area contributed by atoms with E-state index >= 15 is 0 Å². The van der Waals surface area contributed by atoms with E-state index in [9.17, 15) is 13.9 Å². The molecule has 0 saturated heterocycles. The first-order valence-electron chi connectivity index (χ1n) is 6.08. The highest BCUT2D eigenvalue weighted by Crippen LogP contribution is 2.30. The predicted molar refractivity (Wildman–Crippen MR) is 63.6 cm³/mol. The lowest BCUT2D eigenvalue weighted by Crippen LogP contribution is -2.27. The summed E-state index contributed by atoms with van der Waals surface area (Å²) in [6, 6.07) is 6.20. The van der Waals surface area contributed by atoms with Crippen LogP contribution in [0.4, 0.5) is 8.78 Å². The number of nitrogens with one attached hydrogen (secondary N) is 1. The van der Waals surface area contributed by atoms with Gasteiger partial charge in [0.2, 0.25) is 0 Å². The zero-order valence-electron chi connectivity index (χ0n) is 9.98. The Balaban J connectivity index is 2.06. The topological polar surface area (TPSA) is 41.5 Å². The van der Waals surface area contributed by atoms with Crippen molar-refractivity contribution in [3.05, 3.63) is 29.8 Å². The molecule has 100 valence electrons. The van der Waals surface area contributed by atoms with Gasteiger partial charge in [-0.2, -0.15) is 8.78 Å². The van der Waals surface area contributed by atoms with Gasteiger partial charge in [0.1, 0.15) is 5.75 Å². The molecule has 3 nitrogen and oxygen atoms in total. The SMILES string of the molecule is OCC(NCC1CC1)c1ccccc1OC(F)F. The summed E-state index contributed by atoms with van der Waals surface area (Å²) in [6.45, 7) is -2.20. The van der Waals surface area contributed by atoms with Gasteiger partial charge in [-0.3, -0.25) is 0 Å². The van der Waals surface area contributed by atoms with Crippen molar-refractivity contribution in [2.45, 2.75) is 25.5 Å². The Kier molecular flexibility index (Phi) is 4.49. The summed E-state index contributed by atoms with van der Waals surface area (Å²) in [6.07, 6.45) is 2.39. The molecular formula is C13H17F2NO2. The number of ether oxygens (including phenoxy) is 1. The summed E-state index contributed by atoms with van der Waals surface area (Å²) in [5.41, 5.74) is 0.570. The summed E-state index contributed by atoms with van der Waals surface area (Å²) in [7, 11) is 0. The van der Waals surface area contributed by atoms with E-state index in [0.29, 0.717) is 11.5 Å². The van der Waals surface area contributed by atoms with E-state index in [2.05, 4.69) is 10.1 Å². The third-order valence-electron chi connectivity index (χ3n) is 3.04. The molecule has 1 fully saturated rings. The number of aliphatic hydroxyl groups is 1. The zero-order chi connectivity index (χ0) is 13.0. The molecule has 2 rings (SSSR count). The highest BCUT2D eigenvalue weighted by atomic mass is 19.3. The molecule has 0 amide bonds. The molecule has 0 radical (unpaired) electrons. The van der Waals surface area contributed by atoms with Gasteiger partial charge < -0.3 is 15.2 Å². The van der Waals surface area contributed by atoms with Crippen molar-refractivity contribution in [1.29, 1.82) is 0 Å². The molecule has 2 N–H and O–H groups in total.